The van der Waals surface area contributed by atoms with Gasteiger partial charge in [-0.15, -0.1) is 0 Å². The Labute approximate surface area is 113 Å². The van der Waals surface area contributed by atoms with Crippen molar-refractivity contribution < 1.29 is 4.79 Å². The van der Waals surface area contributed by atoms with Gasteiger partial charge < -0.3 is 10.2 Å². The van der Waals surface area contributed by atoms with Crippen LogP contribution in [0.3, 0.4) is 0 Å². The number of amides is 1. The lowest BCUT2D eigenvalue weighted by Crippen LogP contribution is -2.22. The number of allylic oxidation sites excluding steroid dienone is 1. The third-order valence-corrected chi connectivity index (χ3v) is 4.76. The maximum atomic E-state index is 10.5. The molecule has 17 heavy (non-hydrogen) atoms. The van der Waals surface area contributed by atoms with Crippen molar-refractivity contribution in [3.05, 3.63) is 46.6 Å². The van der Waals surface area contributed by atoms with Gasteiger partial charge in [-0.25, -0.2) is 0 Å². The normalized spacial score (nSPS) is 19.6. The Morgan fingerprint density at radius 3 is 2.82 bits per heavy atom. The number of thioether (sulfide) groups is 1. The molecule has 1 aliphatic heterocycles. The maximum absolute atomic E-state index is 10.5. The maximum Gasteiger partial charge on any atom is 0.211 e. The number of hydrogen-bond donors (Lipinski definition) is 1. The fraction of sp³-hybridized carbons (Fsp3) is 0.250. The second-order valence-corrected chi connectivity index (χ2v) is 6.26. The Balaban J connectivity index is 2.13. The summed E-state index contributed by atoms with van der Waals surface area (Å²) in [5.74, 6) is 0. The number of halogens is 1. The van der Waals surface area contributed by atoms with Crippen LogP contribution in [-0.4, -0.2) is 15.6 Å². The van der Waals surface area contributed by atoms with Gasteiger partial charge in [0.2, 0.25) is 6.41 Å². The molecular formula is C12H13BrN2OS. The van der Waals surface area contributed by atoms with Crippen molar-refractivity contribution in [2.24, 2.45) is 0 Å². The predicted octanol–water partition coefficient (Wildman–Crippen LogP) is 2.85. The van der Waals surface area contributed by atoms with Gasteiger partial charge in [0.1, 0.15) is 4.28 Å². The van der Waals surface area contributed by atoms with E-state index < -0.39 is 0 Å². The lowest BCUT2D eigenvalue weighted by molar-refractivity contribution is -0.108. The van der Waals surface area contributed by atoms with E-state index in [9.17, 15) is 4.79 Å². The molecule has 1 atom stereocenters. The average Bonchev–Trinajstić information content (AvgIpc) is 2.59. The number of alkyl halides is 1. The number of nitrogens with zero attached hydrogens (tertiary/aromatic N) is 1. The molecule has 0 bridgehead atoms. The first-order valence-electron chi connectivity index (χ1n) is 5.24. The van der Waals surface area contributed by atoms with Gasteiger partial charge in [0.25, 0.3) is 0 Å². The highest BCUT2D eigenvalue weighted by Gasteiger charge is 2.27. The van der Waals surface area contributed by atoms with Gasteiger partial charge in [-0.1, -0.05) is 58.0 Å². The van der Waals surface area contributed by atoms with Gasteiger partial charge in [-0.3, -0.25) is 4.79 Å². The molecule has 5 heteroatoms. The van der Waals surface area contributed by atoms with E-state index in [2.05, 4.69) is 38.3 Å². The van der Waals surface area contributed by atoms with Crippen molar-refractivity contribution >= 4 is 34.1 Å². The highest BCUT2D eigenvalue weighted by atomic mass is 79.9. The van der Waals surface area contributed by atoms with E-state index in [0.29, 0.717) is 0 Å². The highest BCUT2D eigenvalue weighted by Crippen LogP contribution is 2.40. The zero-order chi connectivity index (χ0) is 12.3. The summed E-state index contributed by atoms with van der Waals surface area (Å²) in [5.41, 5.74) is 2.34. The molecule has 0 aromatic heterocycles. The molecule has 1 heterocycles. The van der Waals surface area contributed by atoms with Gasteiger partial charge >= 0.3 is 0 Å². The summed E-state index contributed by atoms with van der Waals surface area (Å²) >= 11 is 5.21. The number of hydrogen-bond acceptors (Lipinski definition) is 3. The first-order valence-corrected chi connectivity index (χ1v) is 7.04. The van der Waals surface area contributed by atoms with Crippen LogP contribution in [0.2, 0.25) is 0 Å². The number of carbonyl (C=O) groups excluding carboxylic acids is 1. The molecule has 0 saturated heterocycles. The number of carbonyl (C=O) groups is 1. The molecule has 2 rings (SSSR count). The van der Waals surface area contributed by atoms with E-state index in [1.54, 1.807) is 11.8 Å². The Morgan fingerprint density at radius 2 is 2.18 bits per heavy atom. The molecular weight excluding hydrogens is 300 g/mol. The summed E-state index contributed by atoms with van der Waals surface area (Å²) in [4.78, 5) is 12.7. The van der Waals surface area contributed by atoms with E-state index in [-0.39, 0.29) is 4.28 Å². The molecule has 1 amide bonds. The van der Waals surface area contributed by atoms with Crippen LogP contribution in [0.15, 0.2) is 41.1 Å². The van der Waals surface area contributed by atoms with Crippen LogP contribution in [0.5, 0.6) is 0 Å². The Morgan fingerprint density at radius 1 is 1.47 bits per heavy atom. The monoisotopic (exact) mass is 312 g/mol. The van der Waals surface area contributed by atoms with Gasteiger partial charge in [-0.05, 0) is 12.5 Å². The minimum atomic E-state index is 0.171. The van der Waals surface area contributed by atoms with Crippen LogP contribution in [0.1, 0.15) is 12.5 Å². The molecule has 0 fully saturated rings. The summed E-state index contributed by atoms with van der Waals surface area (Å²) in [6.07, 6.45) is 0.720. The van der Waals surface area contributed by atoms with Crippen molar-refractivity contribution in [3.8, 4) is 0 Å². The topological polar surface area (TPSA) is 32.3 Å². The van der Waals surface area contributed by atoms with E-state index in [1.165, 1.54) is 5.56 Å². The molecule has 1 aromatic carbocycles. The average molecular weight is 313 g/mol. The van der Waals surface area contributed by atoms with Crippen LogP contribution in [0, 0.1) is 0 Å². The zero-order valence-corrected chi connectivity index (χ0v) is 11.8. The van der Waals surface area contributed by atoms with Crippen molar-refractivity contribution in [2.45, 2.75) is 17.8 Å². The second kappa shape index (κ2) is 5.60. The first kappa shape index (κ1) is 12.5. The summed E-state index contributed by atoms with van der Waals surface area (Å²) < 4.78 is 0.171. The van der Waals surface area contributed by atoms with Crippen LogP contribution in [0.25, 0.3) is 0 Å². The molecule has 1 unspecified atom stereocenters. The minimum absolute atomic E-state index is 0.171. The Hall–Kier alpha value is -0.940. The first-order chi connectivity index (χ1) is 8.22. The molecule has 0 spiro atoms. The number of nitrogens with one attached hydrogen (secondary N) is 1. The molecule has 90 valence electrons. The van der Waals surface area contributed by atoms with Gasteiger partial charge in [0.05, 0.1) is 5.03 Å². The SMILES string of the molecule is CC1=C(NC=O)SC(Br)N1Cc1ccccc1. The summed E-state index contributed by atoms with van der Waals surface area (Å²) in [7, 11) is 0. The third-order valence-electron chi connectivity index (χ3n) is 2.61. The van der Waals surface area contributed by atoms with Gasteiger partial charge in [-0.2, -0.15) is 0 Å². The Kier molecular flexibility index (Phi) is 4.12. The number of rotatable bonds is 4. The molecule has 1 aliphatic rings. The fourth-order valence-electron chi connectivity index (χ4n) is 1.69. The summed E-state index contributed by atoms with van der Waals surface area (Å²) in [6.45, 7) is 2.85. The van der Waals surface area contributed by atoms with Crippen molar-refractivity contribution in [3.63, 3.8) is 0 Å². The second-order valence-electron chi connectivity index (χ2n) is 3.70. The van der Waals surface area contributed by atoms with Crippen LogP contribution >= 0.6 is 27.7 Å². The van der Waals surface area contributed by atoms with E-state index >= 15 is 0 Å². The molecule has 1 N–H and O–H groups in total. The highest BCUT2D eigenvalue weighted by molar-refractivity contribution is 9.11. The molecule has 0 radical (unpaired) electrons. The molecule has 1 aromatic rings. The smallest absolute Gasteiger partial charge is 0.211 e. The van der Waals surface area contributed by atoms with Crippen LogP contribution in [-0.2, 0) is 11.3 Å². The fourth-order valence-corrected chi connectivity index (χ4v) is 3.66. The van der Waals surface area contributed by atoms with E-state index in [1.807, 2.05) is 25.1 Å². The van der Waals surface area contributed by atoms with E-state index in [4.69, 9.17) is 0 Å². The molecule has 3 nitrogen and oxygen atoms in total. The lowest BCUT2D eigenvalue weighted by Gasteiger charge is -2.23. The largest absolute Gasteiger partial charge is 0.347 e. The quantitative estimate of drug-likeness (QED) is 0.527. The van der Waals surface area contributed by atoms with Crippen molar-refractivity contribution in [2.75, 3.05) is 0 Å². The zero-order valence-electron chi connectivity index (χ0n) is 9.39. The predicted molar refractivity (Wildman–Crippen MR) is 74.2 cm³/mol. The number of benzene rings is 1. The van der Waals surface area contributed by atoms with Crippen molar-refractivity contribution in [1.82, 2.24) is 10.2 Å². The molecule has 0 aliphatic carbocycles. The van der Waals surface area contributed by atoms with Crippen molar-refractivity contribution in [1.29, 1.82) is 0 Å². The molecule has 0 saturated carbocycles. The van der Waals surface area contributed by atoms with Gasteiger partial charge in [0.15, 0.2) is 0 Å². The van der Waals surface area contributed by atoms with Gasteiger partial charge in [0, 0.05) is 12.2 Å². The lowest BCUT2D eigenvalue weighted by atomic mass is 10.2. The van der Waals surface area contributed by atoms with Crippen LogP contribution < -0.4 is 5.32 Å². The summed E-state index contributed by atoms with van der Waals surface area (Å²) in [6, 6.07) is 10.3. The third kappa shape index (κ3) is 2.84. The minimum Gasteiger partial charge on any atom is -0.347 e. The summed E-state index contributed by atoms with van der Waals surface area (Å²) in [5, 5.41) is 3.65. The standard InChI is InChI=1S/C12H13BrN2OS/c1-9-11(14-8-16)17-12(13)15(9)7-10-5-3-2-4-6-10/h2-6,8,12H,7H2,1H3,(H,14,16). The van der Waals surface area contributed by atoms with E-state index in [0.717, 1.165) is 23.7 Å². The Bertz CT molecular complexity index is 435. The van der Waals surface area contributed by atoms with Crippen LogP contribution in [0.4, 0.5) is 0 Å².